The largest absolute Gasteiger partial charge is 0.396 e. The van der Waals surface area contributed by atoms with Crippen LogP contribution in [-0.2, 0) is 0 Å². The number of aromatic nitrogens is 3. The number of aliphatic hydroxyl groups is 2. The van der Waals surface area contributed by atoms with E-state index in [4.69, 9.17) is 5.11 Å². The van der Waals surface area contributed by atoms with Gasteiger partial charge in [-0.15, -0.1) is 0 Å². The van der Waals surface area contributed by atoms with Gasteiger partial charge in [0.2, 0.25) is 5.95 Å². The van der Waals surface area contributed by atoms with Gasteiger partial charge in [0.25, 0.3) is 0 Å². The molecule has 4 N–H and O–H groups in total. The van der Waals surface area contributed by atoms with E-state index >= 15 is 0 Å². The quantitative estimate of drug-likeness (QED) is 0.538. The van der Waals surface area contributed by atoms with Crippen molar-refractivity contribution in [1.29, 1.82) is 0 Å². The zero-order valence-electron chi connectivity index (χ0n) is 14.9. The number of nitrogens with zero attached hydrogens (tertiary/aromatic N) is 3. The molecule has 1 saturated carbocycles. The molecular weight excluding hydrogens is 330 g/mol. The van der Waals surface area contributed by atoms with Crippen LogP contribution in [0.3, 0.4) is 0 Å². The van der Waals surface area contributed by atoms with Crippen molar-refractivity contribution in [2.24, 2.45) is 0 Å². The fourth-order valence-corrected chi connectivity index (χ4v) is 3.14. The maximum atomic E-state index is 9.72. The molecule has 0 aromatic carbocycles. The second kappa shape index (κ2) is 9.45. The monoisotopic (exact) mass is 357 g/mol. The van der Waals surface area contributed by atoms with Gasteiger partial charge in [-0.1, -0.05) is 6.07 Å². The van der Waals surface area contributed by atoms with E-state index in [2.05, 4.69) is 25.6 Å². The standard InChI is InChI=1S/C19H27N5O2/c25-12-4-3-11-21-19-22-13-16(17-5-1-2-10-20-17)18(24-19)23-14-6-8-15(26)9-7-14/h1-2,5,10,13-15,25-26H,3-4,6-9,11-12H2,(H2,21,22,23,24)/t14-,15-. The summed E-state index contributed by atoms with van der Waals surface area (Å²) in [6.07, 6.45) is 8.47. The molecule has 2 aromatic heterocycles. The van der Waals surface area contributed by atoms with E-state index in [1.54, 1.807) is 12.4 Å². The fraction of sp³-hybridized carbons (Fsp3) is 0.526. The van der Waals surface area contributed by atoms with Crippen molar-refractivity contribution in [2.75, 3.05) is 23.8 Å². The van der Waals surface area contributed by atoms with Crippen LogP contribution < -0.4 is 10.6 Å². The van der Waals surface area contributed by atoms with E-state index < -0.39 is 0 Å². The molecule has 0 saturated heterocycles. The van der Waals surface area contributed by atoms with E-state index in [9.17, 15) is 5.11 Å². The molecule has 26 heavy (non-hydrogen) atoms. The van der Waals surface area contributed by atoms with E-state index in [-0.39, 0.29) is 18.8 Å². The zero-order valence-corrected chi connectivity index (χ0v) is 14.9. The molecule has 0 bridgehead atoms. The van der Waals surface area contributed by atoms with Crippen molar-refractivity contribution in [3.05, 3.63) is 30.6 Å². The summed E-state index contributed by atoms with van der Waals surface area (Å²) in [5.41, 5.74) is 1.70. The number of unbranched alkanes of at least 4 members (excludes halogenated alkanes) is 1. The first-order valence-electron chi connectivity index (χ1n) is 9.34. The van der Waals surface area contributed by atoms with Gasteiger partial charge in [-0.3, -0.25) is 4.98 Å². The molecule has 0 atom stereocenters. The van der Waals surface area contributed by atoms with Crippen LogP contribution in [0.25, 0.3) is 11.3 Å². The minimum absolute atomic E-state index is 0.183. The lowest BCUT2D eigenvalue weighted by Crippen LogP contribution is -2.29. The minimum Gasteiger partial charge on any atom is -0.396 e. The van der Waals surface area contributed by atoms with Gasteiger partial charge in [0.05, 0.1) is 17.4 Å². The molecule has 2 aromatic rings. The summed E-state index contributed by atoms with van der Waals surface area (Å²) in [4.78, 5) is 13.5. The van der Waals surface area contributed by atoms with Crippen LogP contribution in [0.2, 0.25) is 0 Å². The predicted octanol–water partition coefficient (Wildman–Crippen LogP) is 2.44. The highest BCUT2D eigenvalue weighted by atomic mass is 16.3. The van der Waals surface area contributed by atoms with Crippen LogP contribution in [0.5, 0.6) is 0 Å². The van der Waals surface area contributed by atoms with Crippen LogP contribution in [0.15, 0.2) is 30.6 Å². The maximum Gasteiger partial charge on any atom is 0.224 e. The Balaban J connectivity index is 1.77. The lowest BCUT2D eigenvalue weighted by atomic mass is 9.93. The summed E-state index contributed by atoms with van der Waals surface area (Å²) < 4.78 is 0. The van der Waals surface area contributed by atoms with Crippen molar-refractivity contribution in [1.82, 2.24) is 15.0 Å². The Hall–Kier alpha value is -2.25. The van der Waals surface area contributed by atoms with Crippen molar-refractivity contribution >= 4 is 11.8 Å². The molecular formula is C19H27N5O2. The third-order valence-electron chi connectivity index (χ3n) is 4.64. The molecule has 0 radical (unpaired) electrons. The number of hydrogen-bond acceptors (Lipinski definition) is 7. The molecule has 140 valence electrons. The van der Waals surface area contributed by atoms with E-state index in [0.29, 0.717) is 5.95 Å². The lowest BCUT2D eigenvalue weighted by Gasteiger charge is -2.27. The molecule has 2 heterocycles. The van der Waals surface area contributed by atoms with Crippen LogP contribution >= 0.6 is 0 Å². The smallest absolute Gasteiger partial charge is 0.224 e. The van der Waals surface area contributed by atoms with E-state index in [1.165, 1.54) is 0 Å². The highest BCUT2D eigenvalue weighted by Crippen LogP contribution is 2.28. The third-order valence-corrected chi connectivity index (χ3v) is 4.64. The number of anilines is 2. The summed E-state index contributed by atoms with van der Waals surface area (Å²) in [6, 6.07) is 6.07. The van der Waals surface area contributed by atoms with E-state index in [0.717, 1.165) is 62.1 Å². The van der Waals surface area contributed by atoms with Crippen LogP contribution in [0, 0.1) is 0 Å². The van der Waals surface area contributed by atoms with Gasteiger partial charge in [0.15, 0.2) is 0 Å². The van der Waals surface area contributed by atoms with E-state index in [1.807, 2.05) is 18.2 Å². The zero-order chi connectivity index (χ0) is 18.2. The average molecular weight is 357 g/mol. The highest BCUT2D eigenvalue weighted by molar-refractivity contribution is 5.72. The topological polar surface area (TPSA) is 103 Å². The molecule has 7 heteroatoms. The number of nitrogens with one attached hydrogen (secondary N) is 2. The van der Waals surface area contributed by atoms with Gasteiger partial charge in [-0.25, -0.2) is 4.98 Å². The predicted molar refractivity (Wildman–Crippen MR) is 102 cm³/mol. The summed E-state index contributed by atoms with van der Waals surface area (Å²) in [6.45, 7) is 0.917. The molecule has 1 fully saturated rings. The van der Waals surface area contributed by atoms with Crippen molar-refractivity contribution in [3.63, 3.8) is 0 Å². The Kier molecular flexibility index (Phi) is 6.74. The summed E-state index contributed by atoms with van der Waals surface area (Å²) in [7, 11) is 0. The Morgan fingerprint density at radius 3 is 2.65 bits per heavy atom. The molecule has 0 amide bonds. The van der Waals surface area contributed by atoms with Gasteiger partial charge < -0.3 is 20.8 Å². The first-order valence-corrected chi connectivity index (χ1v) is 9.34. The van der Waals surface area contributed by atoms with Gasteiger partial charge in [0, 0.05) is 31.6 Å². The molecule has 1 aliphatic carbocycles. The van der Waals surface area contributed by atoms with Crippen molar-refractivity contribution in [3.8, 4) is 11.3 Å². The molecule has 0 spiro atoms. The minimum atomic E-state index is -0.183. The molecule has 7 nitrogen and oxygen atoms in total. The van der Waals surface area contributed by atoms with Gasteiger partial charge in [-0.05, 0) is 50.7 Å². The fourth-order valence-electron chi connectivity index (χ4n) is 3.14. The van der Waals surface area contributed by atoms with Crippen LogP contribution in [0.1, 0.15) is 38.5 Å². The van der Waals surface area contributed by atoms with Crippen LogP contribution in [-0.4, -0.2) is 50.5 Å². The number of aliphatic hydroxyl groups excluding tert-OH is 2. The molecule has 3 rings (SSSR count). The Morgan fingerprint density at radius 1 is 1.08 bits per heavy atom. The Morgan fingerprint density at radius 2 is 1.92 bits per heavy atom. The SMILES string of the molecule is OCCCCNc1ncc(-c2ccccn2)c(N[C@H]2CC[C@H](O)CC2)n1. The number of rotatable bonds is 8. The number of pyridine rings is 1. The second-order valence-electron chi connectivity index (χ2n) is 6.68. The van der Waals surface area contributed by atoms with Crippen molar-refractivity contribution in [2.45, 2.75) is 50.7 Å². The summed E-state index contributed by atoms with van der Waals surface area (Å²) in [5.74, 6) is 1.34. The summed E-state index contributed by atoms with van der Waals surface area (Å²) >= 11 is 0. The summed E-state index contributed by atoms with van der Waals surface area (Å²) in [5, 5.41) is 25.3. The van der Waals surface area contributed by atoms with Crippen molar-refractivity contribution < 1.29 is 10.2 Å². The van der Waals surface area contributed by atoms with Crippen LogP contribution in [0.4, 0.5) is 11.8 Å². The van der Waals surface area contributed by atoms with Gasteiger partial charge in [0.1, 0.15) is 5.82 Å². The first kappa shape index (κ1) is 18.5. The normalized spacial score (nSPS) is 19.9. The molecule has 1 aliphatic rings. The molecule has 0 aliphatic heterocycles. The number of hydrogen-bond donors (Lipinski definition) is 4. The highest BCUT2D eigenvalue weighted by Gasteiger charge is 2.21. The second-order valence-corrected chi connectivity index (χ2v) is 6.68. The maximum absolute atomic E-state index is 9.72. The average Bonchev–Trinajstić information content (AvgIpc) is 2.68. The van der Waals surface area contributed by atoms with Gasteiger partial charge in [-0.2, -0.15) is 4.98 Å². The molecule has 0 unspecified atom stereocenters. The first-order chi connectivity index (χ1) is 12.8. The lowest BCUT2D eigenvalue weighted by molar-refractivity contribution is 0.126. The van der Waals surface area contributed by atoms with Gasteiger partial charge >= 0.3 is 0 Å². The third kappa shape index (κ3) is 5.12. The Bertz CT molecular complexity index is 675. The Labute approximate surface area is 153 Å².